The molecule has 0 saturated carbocycles. The topological polar surface area (TPSA) is 117 Å². The van der Waals surface area contributed by atoms with Gasteiger partial charge in [-0.1, -0.05) is 5.16 Å². The van der Waals surface area contributed by atoms with E-state index in [0.717, 1.165) is 4.31 Å². The molecule has 2 atom stereocenters. The maximum atomic E-state index is 13.0. The van der Waals surface area contributed by atoms with Crippen LogP contribution in [0.4, 0.5) is 0 Å². The Kier molecular flexibility index (Phi) is 4.76. The average Bonchev–Trinajstić information content (AvgIpc) is 3.09. The van der Waals surface area contributed by atoms with E-state index in [-0.39, 0.29) is 30.5 Å². The number of β-amino-alcohol motifs (C(OH)–C–C–N with tert-alkyl or cyclic N) is 1. The Bertz CT molecular complexity index is 953. The fourth-order valence-corrected chi connectivity index (χ4v) is 4.33. The first-order chi connectivity index (χ1) is 12.1. The Morgan fingerprint density at radius 3 is 2.73 bits per heavy atom. The largest absolute Gasteiger partial charge is 0.391 e. The summed E-state index contributed by atoms with van der Waals surface area (Å²) in [6, 6.07) is 1.66. The summed E-state index contributed by atoms with van der Waals surface area (Å²) in [5, 5.41) is 14.7. The van der Waals surface area contributed by atoms with Gasteiger partial charge in [-0.05, 0) is 19.9 Å². The summed E-state index contributed by atoms with van der Waals surface area (Å²) in [6.07, 6.45) is -0.893. The molecule has 0 aliphatic carbocycles. The molecule has 0 radical (unpaired) electrons. The average molecular weight is 382 g/mol. The van der Waals surface area contributed by atoms with E-state index in [1.54, 1.807) is 19.9 Å². The van der Waals surface area contributed by atoms with Gasteiger partial charge in [0.2, 0.25) is 10.0 Å². The number of carbonyl (C=O) groups is 1. The summed E-state index contributed by atoms with van der Waals surface area (Å²) in [4.78, 5) is 18.7. The minimum atomic E-state index is -3.47. The van der Waals surface area contributed by atoms with Gasteiger partial charge in [-0.15, -0.1) is 0 Å². The number of hydrogen-bond acceptors (Lipinski definition) is 7. The van der Waals surface area contributed by atoms with Crippen molar-refractivity contribution >= 4 is 27.0 Å². The van der Waals surface area contributed by atoms with Gasteiger partial charge in [-0.3, -0.25) is 4.79 Å². The molecule has 1 N–H and O–H groups in total. The van der Waals surface area contributed by atoms with Crippen LogP contribution in [0.1, 0.15) is 21.7 Å². The molecule has 10 heteroatoms. The molecule has 1 saturated heterocycles. The van der Waals surface area contributed by atoms with Crippen molar-refractivity contribution in [1.82, 2.24) is 19.3 Å². The number of nitrogens with zero attached hydrogens (tertiary/aromatic N) is 4. The van der Waals surface area contributed by atoms with Crippen molar-refractivity contribution in [2.24, 2.45) is 5.92 Å². The van der Waals surface area contributed by atoms with Gasteiger partial charge >= 0.3 is 0 Å². The zero-order valence-electron chi connectivity index (χ0n) is 15.1. The fraction of sp³-hybridized carbons (Fsp3) is 0.562. The second kappa shape index (κ2) is 6.60. The van der Waals surface area contributed by atoms with Gasteiger partial charge in [-0.2, -0.15) is 0 Å². The van der Waals surface area contributed by atoms with Crippen LogP contribution < -0.4 is 0 Å². The number of amides is 1. The molecule has 0 bridgehead atoms. The number of carbonyl (C=O) groups excluding carboxylic acids is 1. The zero-order chi connectivity index (χ0) is 19.2. The van der Waals surface area contributed by atoms with Crippen molar-refractivity contribution in [3.8, 4) is 0 Å². The van der Waals surface area contributed by atoms with Crippen LogP contribution in [0.3, 0.4) is 0 Å². The number of aliphatic hydroxyl groups is 1. The van der Waals surface area contributed by atoms with Crippen LogP contribution >= 0.6 is 0 Å². The van der Waals surface area contributed by atoms with E-state index < -0.39 is 22.0 Å². The highest BCUT2D eigenvalue weighted by Gasteiger charge is 2.38. The molecular weight excluding hydrogens is 360 g/mol. The molecule has 0 unspecified atom stereocenters. The lowest BCUT2D eigenvalue weighted by atomic mass is 10.1. The third kappa shape index (κ3) is 3.31. The third-order valence-corrected chi connectivity index (χ3v) is 6.61. The maximum absolute atomic E-state index is 13.0. The van der Waals surface area contributed by atoms with E-state index >= 15 is 0 Å². The van der Waals surface area contributed by atoms with Crippen LogP contribution in [-0.2, 0) is 10.0 Å². The number of pyridine rings is 1. The van der Waals surface area contributed by atoms with Crippen molar-refractivity contribution in [3.05, 3.63) is 23.0 Å². The quantitative estimate of drug-likeness (QED) is 0.801. The van der Waals surface area contributed by atoms with Crippen molar-refractivity contribution in [3.63, 3.8) is 0 Å². The lowest BCUT2D eigenvalue weighted by Gasteiger charge is -2.18. The van der Waals surface area contributed by atoms with Crippen LogP contribution in [0.2, 0.25) is 0 Å². The number of sulfonamides is 1. The molecule has 9 nitrogen and oxygen atoms in total. The van der Waals surface area contributed by atoms with Crippen molar-refractivity contribution in [1.29, 1.82) is 0 Å². The van der Waals surface area contributed by atoms with Gasteiger partial charge in [0.25, 0.3) is 11.6 Å². The number of aryl methyl sites for hydroxylation is 2. The van der Waals surface area contributed by atoms with Gasteiger partial charge in [0.05, 0.1) is 28.5 Å². The second-order valence-electron chi connectivity index (χ2n) is 6.86. The Labute approximate surface area is 151 Å². The summed E-state index contributed by atoms with van der Waals surface area (Å²) in [6.45, 7) is 3.73. The monoisotopic (exact) mass is 382 g/mol. The first kappa shape index (κ1) is 18.7. The maximum Gasteiger partial charge on any atom is 0.258 e. The van der Waals surface area contributed by atoms with Crippen LogP contribution in [0.5, 0.6) is 0 Å². The van der Waals surface area contributed by atoms with E-state index in [4.69, 9.17) is 4.52 Å². The molecule has 26 heavy (non-hydrogen) atoms. The molecular formula is C16H22N4O5S. The summed E-state index contributed by atoms with van der Waals surface area (Å²) >= 11 is 0. The first-order valence-corrected chi connectivity index (χ1v) is 9.82. The number of rotatable bonds is 4. The van der Waals surface area contributed by atoms with E-state index in [9.17, 15) is 18.3 Å². The SMILES string of the molecule is Cc1cc(C(=O)N2C[C@@H](CS(=O)(=O)N(C)C)[C@@H](O)C2)c2c(C)noc2n1. The molecule has 0 aromatic carbocycles. The molecule has 1 amide bonds. The van der Waals surface area contributed by atoms with Crippen LogP contribution in [-0.4, -0.2) is 77.8 Å². The van der Waals surface area contributed by atoms with Gasteiger partial charge in [0.1, 0.15) is 0 Å². The number of likely N-dealkylation sites (tertiary alicyclic amines) is 1. The summed E-state index contributed by atoms with van der Waals surface area (Å²) in [5.41, 5.74) is 1.86. The minimum Gasteiger partial charge on any atom is -0.391 e. The van der Waals surface area contributed by atoms with Crippen molar-refractivity contribution < 1.29 is 22.8 Å². The predicted molar refractivity (Wildman–Crippen MR) is 94.2 cm³/mol. The number of hydrogen-bond donors (Lipinski definition) is 1. The lowest BCUT2D eigenvalue weighted by molar-refractivity contribution is 0.0766. The summed E-state index contributed by atoms with van der Waals surface area (Å²) in [7, 11) is -0.569. The number of aliphatic hydroxyl groups excluding tert-OH is 1. The van der Waals surface area contributed by atoms with Crippen LogP contribution in [0.15, 0.2) is 10.6 Å². The first-order valence-electron chi connectivity index (χ1n) is 8.21. The normalized spacial score (nSPS) is 21.1. The Hall–Kier alpha value is -2.04. The highest BCUT2D eigenvalue weighted by Crippen LogP contribution is 2.26. The Morgan fingerprint density at radius 2 is 2.08 bits per heavy atom. The molecule has 142 valence electrons. The summed E-state index contributed by atoms with van der Waals surface area (Å²) < 4.78 is 30.5. The smallest absolute Gasteiger partial charge is 0.258 e. The molecule has 3 rings (SSSR count). The molecule has 1 fully saturated rings. The van der Waals surface area contributed by atoms with Gasteiger partial charge < -0.3 is 14.5 Å². The third-order valence-electron chi connectivity index (χ3n) is 4.65. The van der Waals surface area contributed by atoms with Gasteiger partial charge in [0, 0.05) is 38.8 Å². The number of aromatic nitrogens is 2. The highest BCUT2D eigenvalue weighted by molar-refractivity contribution is 7.89. The fourth-order valence-electron chi connectivity index (χ4n) is 3.16. The molecule has 1 aliphatic rings. The van der Waals surface area contributed by atoms with Crippen molar-refractivity contribution in [2.75, 3.05) is 32.9 Å². The van der Waals surface area contributed by atoms with Crippen molar-refractivity contribution in [2.45, 2.75) is 20.0 Å². The number of fused-ring (bicyclic) bond motifs is 1. The van der Waals surface area contributed by atoms with Crippen LogP contribution in [0.25, 0.3) is 11.1 Å². The van der Waals surface area contributed by atoms with E-state index in [2.05, 4.69) is 10.1 Å². The van der Waals surface area contributed by atoms with Gasteiger partial charge in [0.15, 0.2) is 0 Å². The summed E-state index contributed by atoms with van der Waals surface area (Å²) in [5.74, 6) is -1.04. The minimum absolute atomic E-state index is 0.0830. The molecule has 2 aromatic rings. The zero-order valence-corrected chi connectivity index (χ0v) is 15.9. The lowest BCUT2D eigenvalue weighted by Crippen LogP contribution is -2.33. The Balaban J connectivity index is 1.87. The van der Waals surface area contributed by atoms with Crippen LogP contribution in [0, 0.1) is 19.8 Å². The molecule has 1 aliphatic heterocycles. The predicted octanol–water partition coefficient (Wildman–Crippen LogP) is 0.164. The van der Waals surface area contributed by atoms with E-state index in [1.165, 1.54) is 19.0 Å². The Morgan fingerprint density at radius 1 is 1.38 bits per heavy atom. The van der Waals surface area contributed by atoms with E-state index in [1.807, 2.05) is 0 Å². The van der Waals surface area contributed by atoms with Gasteiger partial charge in [-0.25, -0.2) is 17.7 Å². The molecule has 0 spiro atoms. The molecule has 3 heterocycles. The highest BCUT2D eigenvalue weighted by atomic mass is 32.2. The van der Waals surface area contributed by atoms with E-state index in [0.29, 0.717) is 22.3 Å². The second-order valence-corrected chi connectivity index (χ2v) is 9.09. The molecule has 2 aromatic heterocycles. The standard InChI is InChI=1S/C16H22N4O5S/c1-9-5-12(14-10(2)18-25-15(14)17-9)16(22)20-6-11(13(21)7-20)8-26(23,24)19(3)4/h5,11,13,21H,6-8H2,1-4H3/t11-,13-/m0/s1.